The number of nitrogens with zero attached hydrogens (tertiary/aromatic N) is 4. The first-order chi connectivity index (χ1) is 17.0. The van der Waals surface area contributed by atoms with Crippen LogP contribution in [0.5, 0.6) is 17.4 Å². The van der Waals surface area contributed by atoms with Crippen LogP contribution in [0.25, 0.3) is 5.82 Å². The van der Waals surface area contributed by atoms with Crippen LogP contribution in [-0.4, -0.2) is 32.0 Å². The van der Waals surface area contributed by atoms with Crippen molar-refractivity contribution >= 4 is 11.6 Å². The standard InChI is InChI=1S/C27H29N5O3/c1-4-5-6-17-34-23-11-7-21(8-12-23)27(33)31-22-9-13-24(14-10-22)35-26-18-25(29-19(2)30-26)32-16-15-28-20(32)3/h7-16,18H,4-6,17H2,1-3H3,(H,31,33). The van der Waals surface area contributed by atoms with Gasteiger partial charge in [-0.15, -0.1) is 0 Å². The van der Waals surface area contributed by atoms with E-state index >= 15 is 0 Å². The number of aromatic nitrogens is 4. The van der Waals surface area contributed by atoms with Crippen LogP contribution in [0.1, 0.15) is 48.2 Å². The third-order valence-corrected chi connectivity index (χ3v) is 5.34. The SMILES string of the molecule is CCCCCOc1ccc(C(=O)Nc2ccc(Oc3cc(-n4ccnc4C)nc(C)n3)cc2)cc1. The Bertz CT molecular complexity index is 1270. The zero-order valence-electron chi connectivity index (χ0n) is 20.2. The van der Waals surface area contributed by atoms with Crippen LogP contribution in [0.4, 0.5) is 5.69 Å². The van der Waals surface area contributed by atoms with E-state index in [9.17, 15) is 4.79 Å². The molecule has 0 aliphatic heterocycles. The second kappa shape index (κ2) is 11.3. The number of ether oxygens (including phenoxy) is 2. The van der Waals surface area contributed by atoms with E-state index in [0.717, 1.165) is 30.8 Å². The second-order valence-corrected chi connectivity index (χ2v) is 8.12. The number of anilines is 1. The van der Waals surface area contributed by atoms with Gasteiger partial charge in [0.2, 0.25) is 5.88 Å². The fraction of sp³-hybridized carbons (Fsp3) is 0.259. The smallest absolute Gasteiger partial charge is 0.255 e. The Morgan fingerprint density at radius 2 is 1.71 bits per heavy atom. The van der Waals surface area contributed by atoms with E-state index in [2.05, 4.69) is 27.2 Å². The van der Waals surface area contributed by atoms with Crippen LogP contribution in [-0.2, 0) is 0 Å². The first-order valence-electron chi connectivity index (χ1n) is 11.7. The summed E-state index contributed by atoms with van der Waals surface area (Å²) >= 11 is 0. The Morgan fingerprint density at radius 3 is 2.40 bits per heavy atom. The van der Waals surface area contributed by atoms with Crippen molar-refractivity contribution in [3.63, 3.8) is 0 Å². The number of imidazole rings is 1. The molecule has 4 rings (SSSR count). The van der Waals surface area contributed by atoms with Gasteiger partial charge in [0.25, 0.3) is 5.91 Å². The van der Waals surface area contributed by atoms with Crippen LogP contribution in [0, 0.1) is 13.8 Å². The molecule has 0 spiro atoms. The largest absolute Gasteiger partial charge is 0.494 e. The van der Waals surface area contributed by atoms with Crippen molar-refractivity contribution < 1.29 is 14.3 Å². The molecule has 0 bridgehead atoms. The summed E-state index contributed by atoms with van der Waals surface area (Å²) in [6.07, 6.45) is 6.89. The average Bonchev–Trinajstić information content (AvgIpc) is 3.29. The van der Waals surface area contributed by atoms with Crippen molar-refractivity contribution in [2.24, 2.45) is 0 Å². The van der Waals surface area contributed by atoms with E-state index in [1.807, 2.05) is 36.7 Å². The number of carbonyl (C=O) groups excluding carboxylic acids is 1. The zero-order chi connectivity index (χ0) is 24.6. The summed E-state index contributed by atoms with van der Waals surface area (Å²) in [5, 5.41) is 2.90. The summed E-state index contributed by atoms with van der Waals surface area (Å²) in [6, 6.07) is 16.1. The molecule has 8 nitrogen and oxygen atoms in total. The minimum absolute atomic E-state index is 0.192. The van der Waals surface area contributed by atoms with Gasteiger partial charge in [0, 0.05) is 29.7 Å². The number of aryl methyl sites for hydroxylation is 2. The highest BCUT2D eigenvalue weighted by Gasteiger charge is 2.10. The summed E-state index contributed by atoms with van der Waals surface area (Å²) in [5.74, 6) is 3.70. The molecule has 0 saturated heterocycles. The van der Waals surface area contributed by atoms with Gasteiger partial charge in [-0.25, -0.2) is 9.97 Å². The Morgan fingerprint density at radius 1 is 0.971 bits per heavy atom. The van der Waals surface area contributed by atoms with Gasteiger partial charge in [0.05, 0.1) is 6.61 Å². The Labute approximate surface area is 205 Å². The van der Waals surface area contributed by atoms with Gasteiger partial charge in [-0.05, 0) is 68.8 Å². The van der Waals surface area contributed by atoms with Gasteiger partial charge in [0.1, 0.15) is 29.0 Å². The zero-order valence-corrected chi connectivity index (χ0v) is 20.2. The van der Waals surface area contributed by atoms with Crippen LogP contribution >= 0.6 is 0 Å². The predicted octanol–water partition coefficient (Wildman–Crippen LogP) is 5.89. The maximum atomic E-state index is 12.6. The Balaban J connectivity index is 1.36. The lowest BCUT2D eigenvalue weighted by molar-refractivity contribution is 0.102. The molecule has 0 saturated carbocycles. The molecule has 4 aromatic rings. The van der Waals surface area contributed by atoms with Crippen molar-refractivity contribution in [3.8, 4) is 23.2 Å². The number of nitrogens with one attached hydrogen (secondary N) is 1. The lowest BCUT2D eigenvalue weighted by atomic mass is 10.2. The van der Waals surface area contributed by atoms with E-state index in [4.69, 9.17) is 9.47 Å². The van der Waals surface area contributed by atoms with E-state index in [0.29, 0.717) is 41.1 Å². The van der Waals surface area contributed by atoms with Crippen molar-refractivity contribution in [1.29, 1.82) is 0 Å². The van der Waals surface area contributed by atoms with Gasteiger partial charge in [-0.1, -0.05) is 19.8 Å². The molecule has 2 heterocycles. The van der Waals surface area contributed by atoms with Crippen LogP contribution in [0.15, 0.2) is 67.0 Å². The third kappa shape index (κ3) is 6.44. The predicted molar refractivity (Wildman–Crippen MR) is 135 cm³/mol. The lowest BCUT2D eigenvalue weighted by Crippen LogP contribution is -2.11. The number of hydrogen-bond donors (Lipinski definition) is 1. The molecular weight excluding hydrogens is 442 g/mol. The maximum absolute atomic E-state index is 12.6. The molecule has 0 unspecified atom stereocenters. The van der Waals surface area contributed by atoms with Crippen molar-refractivity contribution in [2.75, 3.05) is 11.9 Å². The highest BCUT2D eigenvalue weighted by atomic mass is 16.5. The van der Waals surface area contributed by atoms with Gasteiger partial charge in [-0.3, -0.25) is 9.36 Å². The first-order valence-corrected chi connectivity index (χ1v) is 11.7. The van der Waals surface area contributed by atoms with Gasteiger partial charge in [0.15, 0.2) is 0 Å². The summed E-state index contributed by atoms with van der Waals surface area (Å²) in [5.41, 5.74) is 1.22. The fourth-order valence-electron chi connectivity index (χ4n) is 3.50. The number of carbonyl (C=O) groups is 1. The summed E-state index contributed by atoms with van der Waals surface area (Å²) in [7, 11) is 0. The first kappa shape index (κ1) is 23.9. The highest BCUT2D eigenvalue weighted by Crippen LogP contribution is 2.24. The maximum Gasteiger partial charge on any atom is 0.255 e. The van der Waals surface area contributed by atoms with Crippen molar-refractivity contribution in [3.05, 3.63) is 84.2 Å². The summed E-state index contributed by atoms with van der Waals surface area (Å²) in [6.45, 7) is 6.56. The molecule has 180 valence electrons. The topological polar surface area (TPSA) is 91.2 Å². The molecule has 1 N–H and O–H groups in total. The lowest BCUT2D eigenvalue weighted by Gasteiger charge is -2.10. The molecule has 0 atom stereocenters. The quantitative estimate of drug-likeness (QED) is 0.290. The van der Waals surface area contributed by atoms with Crippen molar-refractivity contribution in [2.45, 2.75) is 40.0 Å². The molecule has 1 amide bonds. The highest BCUT2D eigenvalue weighted by molar-refractivity contribution is 6.04. The molecule has 8 heteroatoms. The summed E-state index contributed by atoms with van der Waals surface area (Å²) < 4.78 is 13.5. The van der Waals surface area contributed by atoms with Crippen LogP contribution in [0.2, 0.25) is 0 Å². The van der Waals surface area contributed by atoms with E-state index < -0.39 is 0 Å². The number of rotatable bonds is 10. The normalized spacial score (nSPS) is 10.7. The molecular formula is C27H29N5O3. The fourth-order valence-corrected chi connectivity index (χ4v) is 3.50. The van der Waals surface area contributed by atoms with E-state index in [-0.39, 0.29) is 5.91 Å². The van der Waals surface area contributed by atoms with Crippen LogP contribution < -0.4 is 14.8 Å². The minimum Gasteiger partial charge on any atom is -0.494 e. The average molecular weight is 472 g/mol. The summed E-state index contributed by atoms with van der Waals surface area (Å²) in [4.78, 5) is 25.7. The van der Waals surface area contributed by atoms with Gasteiger partial charge >= 0.3 is 0 Å². The number of benzene rings is 2. The Hall–Kier alpha value is -4.20. The van der Waals surface area contributed by atoms with Gasteiger partial charge < -0.3 is 14.8 Å². The van der Waals surface area contributed by atoms with Crippen LogP contribution in [0.3, 0.4) is 0 Å². The second-order valence-electron chi connectivity index (χ2n) is 8.12. The molecule has 0 radical (unpaired) electrons. The third-order valence-electron chi connectivity index (χ3n) is 5.34. The van der Waals surface area contributed by atoms with Crippen molar-refractivity contribution in [1.82, 2.24) is 19.5 Å². The van der Waals surface area contributed by atoms with E-state index in [1.54, 1.807) is 48.7 Å². The molecule has 0 aliphatic rings. The Kier molecular flexibility index (Phi) is 7.72. The molecule has 2 aromatic heterocycles. The van der Waals surface area contributed by atoms with Gasteiger partial charge in [-0.2, -0.15) is 4.98 Å². The number of amides is 1. The monoisotopic (exact) mass is 471 g/mol. The molecule has 0 fully saturated rings. The number of hydrogen-bond acceptors (Lipinski definition) is 6. The van der Waals surface area contributed by atoms with E-state index in [1.165, 1.54) is 0 Å². The molecule has 0 aliphatic carbocycles. The number of unbranched alkanes of at least 4 members (excludes halogenated alkanes) is 2. The molecule has 35 heavy (non-hydrogen) atoms. The molecule has 2 aromatic carbocycles. The minimum atomic E-state index is -0.192.